The van der Waals surface area contributed by atoms with Crippen LogP contribution in [0.3, 0.4) is 0 Å². The molecule has 0 spiro atoms. The van der Waals surface area contributed by atoms with Crippen molar-refractivity contribution in [1.29, 1.82) is 0 Å². The van der Waals surface area contributed by atoms with Crippen LogP contribution >= 0.6 is 0 Å². The normalized spacial score (nSPS) is 10.8. The molecule has 0 radical (unpaired) electrons. The first-order chi connectivity index (χ1) is 15.0. The van der Waals surface area contributed by atoms with Crippen molar-refractivity contribution in [3.8, 4) is 0 Å². The van der Waals surface area contributed by atoms with Crippen molar-refractivity contribution in [2.45, 2.75) is 20.0 Å². The number of nitrogens with one attached hydrogen (secondary N) is 1. The van der Waals surface area contributed by atoms with E-state index in [4.69, 9.17) is 4.74 Å². The van der Waals surface area contributed by atoms with Gasteiger partial charge in [0.25, 0.3) is 5.56 Å². The molecule has 4 aromatic rings. The largest absolute Gasteiger partial charge is 0.465 e. The number of H-pyrrole nitrogens is 1. The Balaban J connectivity index is 1.72. The number of methoxy groups -OCH3 is 1. The quantitative estimate of drug-likeness (QED) is 0.479. The molecule has 6 heteroatoms. The highest BCUT2D eigenvalue weighted by Crippen LogP contribution is 2.20. The maximum atomic E-state index is 12.6. The second-order valence-electron chi connectivity index (χ2n) is 7.41. The monoisotopic (exact) mass is 413 g/mol. The van der Waals surface area contributed by atoms with Crippen molar-refractivity contribution < 1.29 is 9.53 Å². The summed E-state index contributed by atoms with van der Waals surface area (Å²) in [4.78, 5) is 34.2. The van der Waals surface area contributed by atoms with Gasteiger partial charge in [-0.05, 0) is 42.8 Å². The van der Waals surface area contributed by atoms with Crippen LogP contribution in [0.2, 0.25) is 0 Å². The van der Waals surface area contributed by atoms with Crippen molar-refractivity contribution >= 4 is 22.6 Å². The van der Waals surface area contributed by atoms with Crippen LogP contribution in [-0.2, 0) is 17.8 Å². The van der Waals surface area contributed by atoms with Gasteiger partial charge in [0.1, 0.15) is 5.82 Å². The number of esters is 1. The molecule has 1 N–H and O–H groups in total. The summed E-state index contributed by atoms with van der Waals surface area (Å²) in [5.74, 6) is 0.0620. The van der Waals surface area contributed by atoms with Crippen molar-refractivity contribution in [3.05, 3.63) is 106 Å². The van der Waals surface area contributed by atoms with E-state index >= 15 is 0 Å². The fraction of sp³-hybridized carbons (Fsp3) is 0.160. The third-order valence-corrected chi connectivity index (χ3v) is 5.13. The summed E-state index contributed by atoms with van der Waals surface area (Å²) >= 11 is 0. The first-order valence-corrected chi connectivity index (χ1v) is 10.0. The van der Waals surface area contributed by atoms with Crippen molar-refractivity contribution in [2.24, 2.45) is 0 Å². The standard InChI is InChI=1S/C25H23N3O3/c1-17-8-11-20(12-9-17)28(15-18-6-4-3-5-7-18)16-23-26-22-14-19(25(30)31-2)10-13-21(22)24(29)27-23/h3-14H,15-16H2,1-2H3,(H,26,27,29). The number of aromatic amines is 1. The van der Waals surface area contributed by atoms with E-state index < -0.39 is 5.97 Å². The summed E-state index contributed by atoms with van der Waals surface area (Å²) in [6.45, 7) is 3.12. The van der Waals surface area contributed by atoms with Gasteiger partial charge in [0.2, 0.25) is 0 Å². The molecular formula is C25H23N3O3. The van der Waals surface area contributed by atoms with E-state index in [0.29, 0.717) is 35.4 Å². The van der Waals surface area contributed by atoms with Gasteiger partial charge < -0.3 is 14.6 Å². The second kappa shape index (κ2) is 8.83. The van der Waals surface area contributed by atoms with Gasteiger partial charge in [-0.2, -0.15) is 0 Å². The molecule has 31 heavy (non-hydrogen) atoms. The van der Waals surface area contributed by atoms with E-state index in [2.05, 4.69) is 51.3 Å². The number of rotatable bonds is 6. The third kappa shape index (κ3) is 4.64. The van der Waals surface area contributed by atoms with Crippen molar-refractivity contribution in [2.75, 3.05) is 12.0 Å². The first kappa shape index (κ1) is 20.3. The number of benzene rings is 3. The lowest BCUT2D eigenvalue weighted by molar-refractivity contribution is 0.0601. The number of fused-ring (bicyclic) bond motifs is 1. The van der Waals surface area contributed by atoms with Gasteiger partial charge in [-0.1, -0.05) is 48.0 Å². The maximum absolute atomic E-state index is 12.6. The van der Waals surface area contributed by atoms with Gasteiger partial charge in [-0.15, -0.1) is 0 Å². The second-order valence-corrected chi connectivity index (χ2v) is 7.41. The Hall–Kier alpha value is -3.93. The Morgan fingerprint density at radius 2 is 1.74 bits per heavy atom. The maximum Gasteiger partial charge on any atom is 0.337 e. The van der Waals surface area contributed by atoms with Crippen LogP contribution in [0.5, 0.6) is 0 Å². The van der Waals surface area contributed by atoms with Crippen LogP contribution in [0.25, 0.3) is 10.9 Å². The smallest absolute Gasteiger partial charge is 0.337 e. The SMILES string of the molecule is COC(=O)c1ccc2c(=O)[nH]c(CN(Cc3ccccc3)c3ccc(C)cc3)nc2c1. The zero-order chi connectivity index (χ0) is 21.8. The highest BCUT2D eigenvalue weighted by Gasteiger charge is 2.13. The van der Waals surface area contributed by atoms with Gasteiger partial charge in [0.05, 0.1) is 30.1 Å². The summed E-state index contributed by atoms with van der Waals surface area (Å²) in [6, 6.07) is 23.1. The van der Waals surface area contributed by atoms with Crippen LogP contribution in [0.4, 0.5) is 5.69 Å². The van der Waals surface area contributed by atoms with Crippen LogP contribution < -0.4 is 10.5 Å². The van der Waals surface area contributed by atoms with Gasteiger partial charge in [0, 0.05) is 12.2 Å². The predicted molar refractivity (Wildman–Crippen MR) is 121 cm³/mol. The average Bonchev–Trinajstić information content (AvgIpc) is 2.79. The lowest BCUT2D eigenvalue weighted by Crippen LogP contribution is -2.25. The molecule has 0 bridgehead atoms. The molecule has 0 saturated heterocycles. The molecule has 3 aromatic carbocycles. The van der Waals surface area contributed by atoms with Crippen LogP contribution in [0.1, 0.15) is 27.3 Å². The van der Waals surface area contributed by atoms with Crippen LogP contribution in [0, 0.1) is 6.92 Å². The Morgan fingerprint density at radius 3 is 2.45 bits per heavy atom. The Bertz CT molecular complexity index is 1260. The highest BCUT2D eigenvalue weighted by molar-refractivity contribution is 5.93. The number of aryl methyl sites for hydroxylation is 1. The number of carbonyl (C=O) groups excluding carboxylic acids is 1. The molecule has 0 fully saturated rings. The Morgan fingerprint density at radius 1 is 1.00 bits per heavy atom. The molecular weight excluding hydrogens is 390 g/mol. The van der Waals surface area contributed by atoms with Crippen molar-refractivity contribution in [1.82, 2.24) is 9.97 Å². The van der Waals surface area contributed by atoms with Crippen LogP contribution in [-0.4, -0.2) is 23.0 Å². The molecule has 1 aromatic heterocycles. The summed E-state index contributed by atoms with van der Waals surface area (Å²) in [6.07, 6.45) is 0. The summed E-state index contributed by atoms with van der Waals surface area (Å²) in [5, 5.41) is 0.432. The fourth-order valence-corrected chi connectivity index (χ4v) is 3.49. The molecule has 0 amide bonds. The summed E-state index contributed by atoms with van der Waals surface area (Å²) < 4.78 is 4.78. The molecule has 6 nitrogen and oxygen atoms in total. The van der Waals surface area contributed by atoms with Gasteiger partial charge in [0.15, 0.2) is 0 Å². The molecule has 0 aliphatic carbocycles. The summed E-state index contributed by atoms with van der Waals surface area (Å²) in [5.41, 5.74) is 3.94. The van der Waals surface area contributed by atoms with E-state index in [1.54, 1.807) is 18.2 Å². The molecule has 156 valence electrons. The van der Waals surface area contributed by atoms with Crippen molar-refractivity contribution in [3.63, 3.8) is 0 Å². The molecule has 0 aliphatic rings. The number of aromatic nitrogens is 2. The predicted octanol–water partition coefficient (Wildman–Crippen LogP) is 4.22. The molecule has 1 heterocycles. The van der Waals surface area contributed by atoms with E-state index in [0.717, 1.165) is 11.3 Å². The summed E-state index contributed by atoms with van der Waals surface area (Å²) in [7, 11) is 1.33. The van der Waals surface area contributed by atoms with E-state index in [-0.39, 0.29) is 5.56 Å². The third-order valence-electron chi connectivity index (χ3n) is 5.13. The van der Waals surface area contributed by atoms with E-state index in [1.807, 2.05) is 25.1 Å². The highest BCUT2D eigenvalue weighted by atomic mass is 16.5. The number of ether oxygens (including phenoxy) is 1. The van der Waals surface area contributed by atoms with Gasteiger partial charge in [-0.3, -0.25) is 4.79 Å². The number of hydrogen-bond donors (Lipinski definition) is 1. The van der Waals surface area contributed by atoms with E-state index in [1.165, 1.54) is 12.7 Å². The minimum absolute atomic E-state index is 0.236. The van der Waals surface area contributed by atoms with Gasteiger partial charge >= 0.3 is 5.97 Å². The Kier molecular flexibility index (Phi) is 5.80. The van der Waals surface area contributed by atoms with Gasteiger partial charge in [-0.25, -0.2) is 9.78 Å². The first-order valence-electron chi connectivity index (χ1n) is 10.0. The zero-order valence-electron chi connectivity index (χ0n) is 17.5. The number of nitrogens with zero attached hydrogens (tertiary/aromatic N) is 2. The minimum atomic E-state index is -0.462. The number of hydrogen-bond acceptors (Lipinski definition) is 5. The lowest BCUT2D eigenvalue weighted by Gasteiger charge is -2.25. The van der Waals surface area contributed by atoms with E-state index in [9.17, 15) is 9.59 Å². The molecule has 0 atom stereocenters. The Labute approximate surface area is 180 Å². The topological polar surface area (TPSA) is 75.3 Å². The average molecular weight is 413 g/mol. The number of carbonyl (C=O) groups is 1. The molecule has 4 rings (SSSR count). The fourth-order valence-electron chi connectivity index (χ4n) is 3.49. The molecule has 0 aliphatic heterocycles. The minimum Gasteiger partial charge on any atom is -0.465 e. The zero-order valence-corrected chi connectivity index (χ0v) is 17.5. The lowest BCUT2D eigenvalue weighted by atomic mass is 10.1. The van der Waals surface area contributed by atoms with Crippen LogP contribution in [0.15, 0.2) is 77.6 Å². The number of anilines is 1. The molecule has 0 unspecified atom stereocenters. The molecule has 0 saturated carbocycles.